The van der Waals surface area contributed by atoms with Crippen LogP contribution in [0.1, 0.15) is 5.56 Å². The van der Waals surface area contributed by atoms with Gasteiger partial charge in [0.2, 0.25) is 0 Å². The van der Waals surface area contributed by atoms with Gasteiger partial charge >= 0.3 is 6.18 Å². The fourth-order valence-corrected chi connectivity index (χ4v) is 0.932. The summed E-state index contributed by atoms with van der Waals surface area (Å²) in [5.74, 6) is 0.169. The second-order valence-electron chi connectivity index (χ2n) is 2.93. The van der Waals surface area contributed by atoms with Crippen LogP contribution in [0, 0.1) is 6.92 Å². The van der Waals surface area contributed by atoms with Gasteiger partial charge in [0.05, 0.1) is 0 Å². The molecule has 0 spiro atoms. The van der Waals surface area contributed by atoms with Crippen LogP contribution in [-0.4, -0.2) is 12.8 Å². The van der Waals surface area contributed by atoms with Crippen LogP contribution in [0.15, 0.2) is 18.2 Å². The van der Waals surface area contributed by atoms with E-state index in [1.807, 2.05) is 0 Å². The Bertz CT molecular complexity index is 322. The summed E-state index contributed by atoms with van der Waals surface area (Å²) >= 11 is 0. The van der Waals surface area contributed by atoms with Gasteiger partial charge in [-0.3, -0.25) is 0 Å². The van der Waals surface area contributed by atoms with Crippen molar-refractivity contribution in [2.24, 2.45) is 0 Å². The smallest absolute Gasteiger partial charge is 0.422 e. The predicted octanol–water partition coefficient (Wildman–Crippen LogP) is 2.52. The first-order chi connectivity index (χ1) is 6.38. The van der Waals surface area contributed by atoms with Crippen molar-refractivity contribution in [1.82, 2.24) is 0 Å². The summed E-state index contributed by atoms with van der Waals surface area (Å²) < 4.78 is 40.0. The minimum absolute atomic E-state index is 0.169. The number of alkyl halides is 3. The van der Waals surface area contributed by atoms with Crippen LogP contribution in [0.4, 0.5) is 18.9 Å². The molecule has 2 nitrogen and oxygen atoms in total. The summed E-state index contributed by atoms with van der Waals surface area (Å²) in [6.07, 6.45) is -4.32. The maximum atomic E-state index is 11.8. The van der Waals surface area contributed by atoms with Crippen molar-refractivity contribution < 1.29 is 17.9 Å². The van der Waals surface area contributed by atoms with Crippen molar-refractivity contribution in [3.05, 3.63) is 23.8 Å². The number of nitrogen functional groups attached to an aromatic ring is 1. The second kappa shape index (κ2) is 3.77. The third kappa shape index (κ3) is 3.16. The van der Waals surface area contributed by atoms with Crippen LogP contribution < -0.4 is 10.5 Å². The highest BCUT2D eigenvalue weighted by atomic mass is 19.4. The van der Waals surface area contributed by atoms with Crippen molar-refractivity contribution in [2.45, 2.75) is 13.1 Å². The fourth-order valence-electron chi connectivity index (χ4n) is 0.932. The Kier molecular flexibility index (Phi) is 2.88. The van der Waals surface area contributed by atoms with Gasteiger partial charge < -0.3 is 10.5 Å². The van der Waals surface area contributed by atoms with E-state index >= 15 is 0 Å². The number of hydrogen-bond donors (Lipinski definition) is 1. The van der Waals surface area contributed by atoms with Crippen LogP contribution in [0.25, 0.3) is 0 Å². The molecule has 2 N–H and O–H groups in total. The van der Waals surface area contributed by atoms with Gasteiger partial charge in [0.1, 0.15) is 5.75 Å². The quantitative estimate of drug-likeness (QED) is 0.753. The van der Waals surface area contributed by atoms with Gasteiger partial charge in [-0.2, -0.15) is 13.2 Å². The van der Waals surface area contributed by atoms with Crippen LogP contribution in [0.2, 0.25) is 0 Å². The summed E-state index contributed by atoms with van der Waals surface area (Å²) in [5.41, 5.74) is 6.42. The molecule has 0 unspecified atom stereocenters. The van der Waals surface area contributed by atoms with E-state index in [-0.39, 0.29) is 5.75 Å². The Hall–Kier alpha value is -1.39. The fraction of sp³-hybridized carbons (Fsp3) is 0.333. The molecule has 0 saturated heterocycles. The number of nitrogens with two attached hydrogens (primary N) is 1. The number of aryl methyl sites for hydroxylation is 1. The zero-order chi connectivity index (χ0) is 10.8. The Labute approximate surface area is 79.5 Å². The average molecular weight is 205 g/mol. The Morgan fingerprint density at radius 2 is 2.00 bits per heavy atom. The van der Waals surface area contributed by atoms with Crippen molar-refractivity contribution >= 4 is 5.69 Å². The summed E-state index contributed by atoms with van der Waals surface area (Å²) in [4.78, 5) is 0. The molecular weight excluding hydrogens is 195 g/mol. The van der Waals surface area contributed by atoms with E-state index in [0.29, 0.717) is 11.3 Å². The number of hydrogen-bond acceptors (Lipinski definition) is 2. The van der Waals surface area contributed by atoms with E-state index in [4.69, 9.17) is 5.73 Å². The lowest BCUT2D eigenvalue weighted by Gasteiger charge is -2.11. The lowest BCUT2D eigenvalue weighted by atomic mass is 10.2. The number of halogens is 3. The van der Waals surface area contributed by atoms with Crippen LogP contribution in [0.3, 0.4) is 0 Å². The van der Waals surface area contributed by atoms with Crippen LogP contribution >= 0.6 is 0 Å². The van der Waals surface area contributed by atoms with Gasteiger partial charge in [-0.05, 0) is 18.6 Å². The Morgan fingerprint density at radius 3 is 2.57 bits per heavy atom. The van der Waals surface area contributed by atoms with Crippen molar-refractivity contribution in [3.8, 4) is 5.75 Å². The lowest BCUT2D eigenvalue weighted by molar-refractivity contribution is -0.153. The molecule has 0 bridgehead atoms. The first-order valence-corrected chi connectivity index (χ1v) is 3.94. The number of benzene rings is 1. The average Bonchev–Trinajstić information content (AvgIpc) is 2.05. The topological polar surface area (TPSA) is 35.2 Å². The molecule has 0 aromatic heterocycles. The standard InChI is InChI=1S/C9H10F3NO/c1-6-2-3-7(13)4-8(6)14-5-9(10,11)12/h2-4H,5,13H2,1H3. The first-order valence-electron chi connectivity index (χ1n) is 3.94. The maximum absolute atomic E-state index is 11.8. The molecule has 78 valence electrons. The normalized spacial score (nSPS) is 11.4. The Morgan fingerprint density at radius 1 is 1.36 bits per heavy atom. The number of rotatable bonds is 2. The molecule has 0 fully saturated rings. The monoisotopic (exact) mass is 205 g/mol. The summed E-state index contributed by atoms with van der Waals surface area (Å²) in [5, 5.41) is 0. The van der Waals surface area contributed by atoms with E-state index in [2.05, 4.69) is 4.74 Å². The molecule has 0 heterocycles. The zero-order valence-corrected chi connectivity index (χ0v) is 7.56. The lowest BCUT2D eigenvalue weighted by Crippen LogP contribution is -2.19. The van der Waals surface area contributed by atoms with Crippen LogP contribution in [0.5, 0.6) is 5.75 Å². The third-order valence-corrected chi connectivity index (χ3v) is 1.60. The summed E-state index contributed by atoms with van der Waals surface area (Å²) in [6.45, 7) is 0.364. The van der Waals surface area contributed by atoms with E-state index in [0.717, 1.165) is 0 Å². The highest BCUT2D eigenvalue weighted by Gasteiger charge is 2.28. The van der Waals surface area contributed by atoms with Gasteiger partial charge in [0.25, 0.3) is 0 Å². The number of ether oxygens (including phenoxy) is 1. The molecular formula is C9H10F3NO. The van der Waals surface area contributed by atoms with Gasteiger partial charge in [-0.1, -0.05) is 6.07 Å². The molecule has 0 radical (unpaired) electrons. The number of anilines is 1. The molecule has 14 heavy (non-hydrogen) atoms. The summed E-state index contributed by atoms with van der Waals surface area (Å²) in [7, 11) is 0. The molecule has 5 heteroatoms. The van der Waals surface area contributed by atoms with E-state index < -0.39 is 12.8 Å². The highest BCUT2D eigenvalue weighted by Crippen LogP contribution is 2.23. The van der Waals surface area contributed by atoms with E-state index in [1.54, 1.807) is 19.1 Å². The molecule has 1 aromatic carbocycles. The van der Waals surface area contributed by atoms with Gasteiger partial charge in [0, 0.05) is 11.8 Å². The molecule has 0 saturated carbocycles. The minimum Gasteiger partial charge on any atom is -0.484 e. The van der Waals surface area contributed by atoms with E-state index in [9.17, 15) is 13.2 Å². The largest absolute Gasteiger partial charge is 0.484 e. The van der Waals surface area contributed by atoms with Crippen molar-refractivity contribution in [1.29, 1.82) is 0 Å². The van der Waals surface area contributed by atoms with Crippen LogP contribution in [-0.2, 0) is 0 Å². The maximum Gasteiger partial charge on any atom is 0.422 e. The van der Waals surface area contributed by atoms with Gasteiger partial charge in [0.15, 0.2) is 6.61 Å². The Balaban J connectivity index is 2.72. The SMILES string of the molecule is Cc1ccc(N)cc1OCC(F)(F)F. The van der Waals surface area contributed by atoms with Crippen molar-refractivity contribution in [2.75, 3.05) is 12.3 Å². The molecule has 0 aliphatic rings. The molecule has 0 amide bonds. The predicted molar refractivity (Wildman–Crippen MR) is 47.1 cm³/mol. The first kappa shape index (κ1) is 10.7. The third-order valence-electron chi connectivity index (χ3n) is 1.60. The second-order valence-corrected chi connectivity index (χ2v) is 2.93. The van der Waals surface area contributed by atoms with Gasteiger partial charge in [-0.25, -0.2) is 0 Å². The van der Waals surface area contributed by atoms with E-state index in [1.165, 1.54) is 6.07 Å². The zero-order valence-electron chi connectivity index (χ0n) is 7.56. The minimum atomic E-state index is -4.32. The van der Waals surface area contributed by atoms with Gasteiger partial charge in [-0.15, -0.1) is 0 Å². The molecule has 1 aromatic rings. The van der Waals surface area contributed by atoms with Crippen molar-refractivity contribution in [3.63, 3.8) is 0 Å². The molecule has 0 atom stereocenters. The summed E-state index contributed by atoms with van der Waals surface area (Å²) in [6, 6.07) is 4.60. The molecule has 0 aliphatic carbocycles. The molecule has 1 rings (SSSR count). The highest BCUT2D eigenvalue weighted by molar-refractivity contribution is 5.47. The molecule has 0 aliphatic heterocycles.